The number of carbonyl (C=O) groups is 1. The Morgan fingerprint density at radius 1 is 1.29 bits per heavy atom. The quantitative estimate of drug-likeness (QED) is 0.715. The minimum Gasteiger partial charge on any atom is -0.398 e. The van der Waals surface area contributed by atoms with Gasteiger partial charge in [0.15, 0.2) is 0 Å². The van der Waals surface area contributed by atoms with Crippen molar-refractivity contribution in [3.05, 3.63) is 24.3 Å². The fourth-order valence-corrected chi connectivity index (χ4v) is 3.11. The lowest BCUT2D eigenvalue weighted by molar-refractivity contribution is -0.128. The van der Waals surface area contributed by atoms with Gasteiger partial charge in [-0.1, -0.05) is 12.1 Å². The highest BCUT2D eigenvalue weighted by molar-refractivity contribution is 7.89. The normalized spacial score (nSPS) is 11.6. The lowest BCUT2D eigenvalue weighted by atomic mass is 10.3. The number of para-hydroxylation sites is 1. The summed E-state index contributed by atoms with van der Waals surface area (Å²) < 4.78 is 31.3. The van der Waals surface area contributed by atoms with E-state index in [1.807, 2.05) is 0 Å². The Hall–Kier alpha value is -1.64. The highest BCUT2D eigenvalue weighted by Crippen LogP contribution is 2.21. The number of ether oxygens (including phenoxy) is 1. The molecule has 1 rings (SSSR count). The van der Waals surface area contributed by atoms with Crippen molar-refractivity contribution in [3.8, 4) is 0 Å². The molecule has 118 valence electrons. The van der Waals surface area contributed by atoms with Crippen LogP contribution in [-0.2, 0) is 19.6 Å². The first-order valence-corrected chi connectivity index (χ1v) is 7.78. The van der Waals surface area contributed by atoms with Crippen LogP contribution in [0.1, 0.15) is 0 Å². The van der Waals surface area contributed by atoms with Crippen LogP contribution in [0.3, 0.4) is 0 Å². The van der Waals surface area contributed by atoms with E-state index in [0.29, 0.717) is 0 Å². The van der Waals surface area contributed by atoms with E-state index in [9.17, 15) is 13.2 Å². The molecular formula is C13H21N3O4S. The van der Waals surface area contributed by atoms with Gasteiger partial charge < -0.3 is 15.4 Å². The van der Waals surface area contributed by atoms with Crippen LogP contribution in [0.15, 0.2) is 29.2 Å². The molecule has 0 atom stereocenters. The van der Waals surface area contributed by atoms with Gasteiger partial charge in [-0.05, 0) is 12.1 Å². The lowest BCUT2D eigenvalue weighted by Crippen LogP contribution is -2.42. The Morgan fingerprint density at radius 3 is 2.43 bits per heavy atom. The van der Waals surface area contributed by atoms with Gasteiger partial charge in [0.2, 0.25) is 15.9 Å². The van der Waals surface area contributed by atoms with Crippen molar-refractivity contribution in [2.45, 2.75) is 4.90 Å². The molecule has 21 heavy (non-hydrogen) atoms. The number of nitrogens with zero attached hydrogens (tertiary/aromatic N) is 2. The van der Waals surface area contributed by atoms with E-state index in [1.54, 1.807) is 26.2 Å². The first kappa shape index (κ1) is 17.4. The van der Waals surface area contributed by atoms with E-state index in [-0.39, 0.29) is 36.2 Å². The average Bonchev–Trinajstić information content (AvgIpc) is 2.43. The predicted octanol–water partition coefficient (Wildman–Crippen LogP) is -0.00590. The average molecular weight is 315 g/mol. The number of anilines is 1. The van der Waals surface area contributed by atoms with Gasteiger partial charge >= 0.3 is 0 Å². The largest absolute Gasteiger partial charge is 0.398 e. The van der Waals surface area contributed by atoms with Crippen molar-refractivity contribution in [1.29, 1.82) is 0 Å². The third-order valence-electron chi connectivity index (χ3n) is 2.89. The number of amides is 1. The van der Waals surface area contributed by atoms with Crippen molar-refractivity contribution in [2.24, 2.45) is 0 Å². The van der Waals surface area contributed by atoms with Gasteiger partial charge in [-0.3, -0.25) is 4.79 Å². The van der Waals surface area contributed by atoms with E-state index in [4.69, 9.17) is 10.5 Å². The molecule has 0 aliphatic rings. The molecular weight excluding hydrogens is 294 g/mol. The van der Waals surface area contributed by atoms with Gasteiger partial charge in [-0.2, -0.15) is 4.31 Å². The molecule has 0 unspecified atom stereocenters. The molecule has 0 aliphatic heterocycles. The number of carbonyl (C=O) groups excluding carboxylic acids is 1. The second-order valence-corrected chi connectivity index (χ2v) is 6.56. The van der Waals surface area contributed by atoms with Crippen LogP contribution in [0.5, 0.6) is 0 Å². The van der Waals surface area contributed by atoms with E-state index in [2.05, 4.69) is 0 Å². The number of benzene rings is 1. The van der Waals surface area contributed by atoms with Gasteiger partial charge in [0, 0.05) is 27.7 Å². The molecule has 1 amide bonds. The third kappa shape index (κ3) is 4.42. The van der Waals surface area contributed by atoms with Crippen molar-refractivity contribution in [3.63, 3.8) is 0 Å². The number of nitrogen functional groups attached to an aromatic ring is 1. The summed E-state index contributed by atoms with van der Waals surface area (Å²) in [6, 6.07) is 6.17. The fraction of sp³-hybridized carbons (Fsp3) is 0.462. The molecule has 8 heteroatoms. The zero-order valence-corrected chi connectivity index (χ0v) is 13.3. The Bertz CT molecular complexity index is 587. The fourth-order valence-electron chi connectivity index (χ4n) is 1.62. The zero-order chi connectivity index (χ0) is 16.0. The maximum absolute atomic E-state index is 12.6. The van der Waals surface area contributed by atoms with Gasteiger partial charge in [0.1, 0.15) is 4.90 Å². The third-order valence-corrected chi connectivity index (χ3v) is 4.81. The number of sulfonamides is 1. The Morgan fingerprint density at radius 2 is 1.90 bits per heavy atom. The highest BCUT2D eigenvalue weighted by Gasteiger charge is 2.28. The van der Waals surface area contributed by atoms with E-state index in [0.717, 1.165) is 4.31 Å². The minimum absolute atomic E-state index is 0.00680. The van der Waals surface area contributed by atoms with E-state index < -0.39 is 10.0 Å². The predicted molar refractivity (Wildman–Crippen MR) is 80.2 cm³/mol. The van der Waals surface area contributed by atoms with E-state index >= 15 is 0 Å². The van der Waals surface area contributed by atoms with Crippen molar-refractivity contribution < 1.29 is 17.9 Å². The van der Waals surface area contributed by atoms with Crippen molar-refractivity contribution in [1.82, 2.24) is 9.21 Å². The number of rotatable bonds is 7. The molecule has 0 aliphatic carbocycles. The second-order valence-electron chi connectivity index (χ2n) is 4.66. The Kier molecular flexibility index (Phi) is 6.13. The van der Waals surface area contributed by atoms with Gasteiger partial charge in [-0.25, -0.2) is 8.42 Å². The lowest BCUT2D eigenvalue weighted by Gasteiger charge is -2.23. The van der Waals surface area contributed by atoms with Crippen molar-refractivity contribution >= 4 is 21.6 Å². The topological polar surface area (TPSA) is 92.9 Å². The number of likely N-dealkylation sites (N-methyl/N-ethyl adjacent to an activating group) is 1. The summed E-state index contributed by atoms with van der Waals surface area (Å²) in [6.45, 7) is 0.00640. The van der Waals surface area contributed by atoms with Crippen molar-refractivity contribution in [2.75, 3.05) is 46.6 Å². The summed E-state index contributed by atoms with van der Waals surface area (Å²) in [7, 11) is 0.756. The van der Waals surface area contributed by atoms with Gasteiger partial charge in [0.05, 0.1) is 18.8 Å². The molecule has 0 radical (unpaired) electrons. The minimum atomic E-state index is -3.85. The molecule has 0 heterocycles. The molecule has 1 aromatic rings. The van der Waals surface area contributed by atoms with E-state index in [1.165, 1.54) is 24.1 Å². The summed E-state index contributed by atoms with van der Waals surface area (Å²) in [5.41, 5.74) is 5.88. The van der Waals surface area contributed by atoms with Crippen LogP contribution < -0.4 is 5.73 Å². The summed E-state index contributed by atoms with van der Waals surface area (Å²) >= 11 is 0. The Balaban J connectivity index is 3.12. The highest BCUT2D eigenvalue weighted by atomic mass is 32.2. The molecule has 1 aromatic carbocycles. The summed E-state index contributed by atoms with van der Waals surface area (Å²) in [5.74, 6) is -0.316. The van der Waals surface area contributed by atoms with Crippen LogP contribution in [0.25, 0.3) is 0 Å². The van der Waals surface area contributed by atoms with Gasteiger partial charge in [0.25, 0.3) is 0 Å². The monoisotopic (exact) mass is 315 g/mol. The molecule has 0 spiro atoms. The zero-order valence-electron chi connectivity index (χ0n) is 12.4. The smallest absolute Gasteiger partial charge is 0.245 e. The van der Waals surface area contributed by atoms with Crippen LogP contribution in [-0.4, -0.2) is 64.4 Å². The van der Waals surface area contributed by atoms with Crippen LogP contribution in [0, 0.1) is 0 Å². The Labute approximate surface area is 125 Å². The maximum Gasteiger partial charge on any atom is 0.245 e. The van der Waals surface area contributed by atoms with Gasteiger partial charge in [-0.15, -0.1) is 0 Å². The van der Waals surface area contributed by atoms with Crippen LogP contribution in [0.2, 0.25) is 0 Å². The first-order chi connectivity index (χ1) is 9.80. The van der Waals surface area contributed by atoms with Crippen LogP contribution in [0.4, 0.5) is 5.69 Å². The molecule has 7 nitrogen and oxygen atoms in total. The summed E-state index contributed by atoms with van der Waals surface area (Å²) in [6.07, 6.45) is 0. The SMILES string of the molecule is COCCN(CC(=O)N(C)C)S(=O)(=O)c1ccccc1N. The number of hydrogen-bond acceptors (Lipinski definition) is 5. The molecule has 0 saturated carbocycles. The number of hydrogen-bond donors (Lipinski definition) is 1. The second kappa shape index (κ2) is 7.39. The molecule has 0 aromatic heterocycles. The molecule has 2 N–H and O–H groups in total. The number of nitrogens with two attached hydrogens (primary N) is 1. The maximum atomic E-state index is 12.6. The summed E-state index contributed by atoms with van der Waals surface area (Å²) in [4.78, 5) is 13.2. The van der Waals surface area contributed by atoms with Crippen LogP contribution >= 0.6 is 0 Å². The first-order valence-electron chi connectivity index (χ1n) is 6.34. The molecule has 0 fully saturated rings. The molecule has 0 saturated heterocycles. The molecule has 0 bridgehead atoms. The standard InChI is InChI=1S/C13H21N3O4S/c1-15(2)13(17)10-16(8-9-20-3)21(18,19)12-7-5-4-6-11(12)14/h4-7H,8-10,14H2,1-3H3. The number of methoxy groups -OCH3 is 1. The summed E-state index contributed by atoms with van der Waals surface area (Å²) in [5, 5.41) is 0.